The van der Waals surface area contributed by atoms with Crippen molar-refractivity contribution in [3.05, 3.63) is 12.4 Å². The highest BCUT2D eigenvalue weighted by Gasteiger charge is 2.37. The highest BCUT2D eigenvalue weighted by Crippen LogP contribution is 2.40. The van der Waals surface area contributed by atoms with E-state index < -0.39 is 0 Å². The van der Waals surface area contributed by atoms with Crippen molar-refractivity contribution in [2.75, 3.05) is 11.6 Å². The van der Waals surface area contributed by atoms with Crippen LogP contribution in [0.25, 0.3) is 0 Å². The third kappa shape index (κ3) is 2.62. The van der Waals surface area contributed by atoms with Crippen LogP contribution < -0.4 is 5.32 Å². The van der Waals surface area contributed by atoms with Gasteiger partial charge in [0.1, 0.15) is 17.2 Å². The molecular formula is C11H17N3S. The molecule has 1 heterocycles. The van der Waals surface area contributed by atoms with Crippen molar-refractivity contribution >= 4 is 17.6 Å². The van der Waals surface area contributed by atoms with Crippen molar-refractivity contribution in [2.24, 2.45) is 5.92 Å². The van der Waals surface area contributed by atoms with E-state index in [2.05, 4.69) is 29.1 Å². The Hall–Kier alpha value is -0.770. The van der Waals surface area contributed by atoms with Crippen LogP contribution in [0.4, 0.5) is 5.82 Å². The van der Waals surface area contributed by atoms with Crippen LogP contribution in [0.1, 0.15) is 26.7 Å². The van der Waals surface area contributed by atoms with Crippen molar-refractivity contribution in [1.29, 1.82) is 0 Å². The van der Waals surface area contributed by atoms with Gasteiger partial charge in [-0.25, -0.2) is 9.97 Å². The summed E-state index contributed by atoms with van der Waals surface area (Å²) in [5, 5.41) is 4.50. The second-order valence-electron chi connectivity index (χ2n) is 4.57. The van der Waals surface area contributed by atoms with Crippen LogP contribution in [-0.4, -0.2) is 21.8 Å². The molecule has 0 radical (unpaired) electrons. The van der Waals surface area contributed by atoms with Crippen molar-refractivity contribution in [3.63, 3.8) is 0 Å². The molecule has 4 heteroatoms. The molecule has 1 aliphatic rings. The van der Waals surface area contributed by atoms with Crippen LogP contribution in [0.5, 0.6) is 0 Å². The molecule has 1 N–H and O–H groups in total. The number of rotatable bonds is 4. The van der Waals surface area contributed by atoms with Gasteiger partial charge in [-0.05, 0) is 38.9 Å². The first kappa shape index (κ1) is 10.7. The molecule has 82 valence electrons. The maximum atomic E-state index is 4.25. The zero-order valence-corrected chi connectivity index (χ0v) is 10.3. The van der Waals surface area contributed by atoms with Crippen LogP contribution in [0.2, 0.25) is 0 Å². The lowest BCUT2D eigenvalue weighted by atomic mass is 9.99. The Morgan fingerprint density at radius 1 is 1.40 bits per heavy atom. The third-order valence-electron chi connectivity index (χ3n) is 2.90. The van der Waals surface area contributed by atoms with E-state index in [0.29, 0.717) is 0 Å². The SMILES string of the molecule is CSc1cc(NC(C)(C)C2CC2)ncn1. The molecule has 0 amide bonds. The second-order valence-corrected chi connectivity index (χ2v) is 5.39. The molecule has 0 spiro atoms. The summed E-state index contributed by atoms with van der Waals surface area (Å²) in [5.74, 6) is 1.73. The van der Waals surface area contributed by atoms with E-state index in [1.807, 2.05) is 12.3 Å². The Labute approximate surface area is 95.1 Å². The summed E-state index contributed by atoms with van der Waals surface area (Å²) in [6, 6.07) is 2.01. The van der Waals surface area contributed by atoms with Crippen LogP contribution in [0.3, 0.4) is 0 Å². The number of anilines is 1. The van der Waals surface area contributed by atoms with E-state index in [4.69, 9.17) is 0 Å². The largest absolute Gasteiger partial charge is 0.365 e. The van der Waals surface area contributed by atoms with Gasteiger partial charge >= 0.3 is 0 Å². The lowest BCUT2D eigenvalue weighted by molar-refractivity contribution is 0.492. The van der Waals surface area contributed by atoms with Crippen molar-refractivity contribution < 1.29 is 0 Å². The van der Waals surface area contributed by atoms with Crippen molar-refractivity contribution in [2.45, 2.75) is 37.3 Å². The van der Waals surface area contributed by atoms with Crippen LogP contribution in [-0.2, 0) is 0 Å². The standard InChI is InChI=1S/C11H17N3S/c1-11(2,8-4-5-8)14-9-6-10(15-3)13-7-12-9/h6-8H,4-5H2,1-3H3,(H,12,13,14). The number of aromatic nitrogens is 2. The minimum absolute atomic E-state index is 0.157. The van der Waals surface area contributed by atoms with Crippen LogP contribution in [0.15, 0.2) is 17.4 Å². The molecule has 1 aromatic rings. The summed E-state index contributed by atoms with van der Waals surface area (Å²) < 4.78 is 0. The normalized spacial score (nSPS) is 16.5. The molecule has 0 bridgehead atoms. The van der Waals surface area contributed by atoms with Crippen LogP contribution >= 0.6 is 11.8 Å². The molecule has 3 nitrogen and oxygen atoms in total. The lowest BCUT2D eigenvalue weighted by Gasteiger charge is -2.26. The van der Waals surface area contributed by atoms with Gasteiger partial charge in [-0.3, -0.25) is 0 Å². The fraction of sp³-hybridized carbons (Fsp3) is 0.636. The summed E-state index contributed by atoms with van der Waals surface area (Å²) >= 11 is 1.64. The highest BCUT2D eigenvalue weighted by molar-refractivity contribution is 7.98. The fourth-order valence-electron chi connectivity index (χ4n) is 1.76. The number of nitrogens with zero attached hydrogens (tertiary/aromatic N) is 2. The molecule has 1 saturated carbocycles. The third-order valence-corrected chi connectivity index (χ3v) is 3.54. The first-order valence-electron chi connectivity index (χ1n) is 5.26. The van der Waals surface area contributed by atoms with E-state index in [1.165, 1.54) is 12.8 Å². The van der Waals surface area contributed by atoms with E-state index in [-0.39, 0.29) is 5.54 Å². The van der Waals surface area contributed by atoms with E-state index in [9.17, 15) is 0 Å². The zero-order chi connectivity index (χ0) is 10.9. The molecule has 15 heavy (non-hydrogen) atoms. The first-order valence-corrected chi connectivity index (χ1v) is 6.48. The molecule has 0 unspecified atom stereocenters. The average molecular weight is 223 g/mol. The van der Waals surface area contributed by atoms with Gasteiger partial charge in [0.15, 0.2) is 0 Å². The Morgan fingerprint density at radius 3 is 2.73 bits per heavy atom. The van der Waals surface area contributed by atoms with E-state index >= 15 is 0 Å². The summed E-state index contributed by atoms with van der Waals surface area (Å²) in [7, 11) is 0. The summed E-state index contributed by atoms with van der Waals surface area (Å²) in [4.78, 5) is 8.41. The molecule has 0 aromatic carbocycles. The molecule has 1 fully saturated rings. The highest BCUT2D eigenvalue weighted by atomic mass is 32.2. The lowest BCUT2D eigenvalue weighted by Crippen LogP contribution is -2.33. The Balaban J connectivity index is 2.09. The minimum Gasteiger partial charge on any atom is -0.365 e. The summed E-state index contributed by atoms with van der Waals surface area (Å²) in [6.45, 7) is 4.48. The second kappa shape index (κ2) is 4.00. The van der Waals surface area contributed by atoms with E-state index in [0.717, 1.165) is 16.8 Å². The van der Waals surface area contributed by atoms with Gasteiger partial charge in [0.25, 0.3) is 0 Å². The van der Waals surface area contributed by atoms with Crippen molar-refractivity contribution in [3.8, 4) is 0 Å². The molecule has 0 aliphatic heterocycles. The Kier molecular flexibility index (Phi) is 2.87. The predicted octanol–water partition coefficient (Wildman–Crippen LogP) is 2.80. The van der Waals surface area contributed by atoms with Crippen molar-refractivity contribution in [1.82, 2.24) is 9.97 Å². The Bertz CT molecular complexity index is 347. The minimum atomic E-state index is 0.157. The first-order chi connectivity index (χ1) is 7.12. The molecule has 1 aromatic heterocycles. The van der Waals surface area contributed by atoms with Gasteiger partial charge in [-0.2, -0.15) is 0 Å². The number of thioether (sulfide) groups is 1. The van der Waals surface area contributed by atoms with E-state index in [1.54, 1.807) is 18.1 Å². The maximum Gasteiger partial charge on any atom is 0.130 e. The fourth-order valence-corrected chi connectivity index (χ4v) is 2.14. The number of hydrogen-bond acceptors (Lipinski definition) is 4. The topological polar surface area (TPSA) is 37.8 Å². The van der Waals surface area contributed by atoms with Gasteiger partial charge in [-0.1, -0.05) is 0 Å². The molecular weight excluding hydrogens is 206 g/mol. The number of hydrogen-bond donors (Lipinski definition) is 1. The zero-order valence-electron chi connectivity index (χ0n) is 9.45. The molecule has 0 atom stereocenters. The maximum absolute atomic E-state index is 4.25. The van der Waals surface area contributed by atoms with Gasteiger partial charge in [0.2, 0.25) is 0 Å². The molecule has 0 saturated heterocycles. The monoisotopic (exact) mass is 223 g/mol. The van der Waals surface area contributed by atoms with Crippen LogP contribution in [0, 0.1) is 5.92 Å². The van der Waals surface area contributed by atoms with Gasteiger partial charge < -0.3 is 5.32 Å². The Morgan fingerprint density at radius 2 is 2.13 bits per heavy atom. The summed E-state index contributed by atoms with van der Waals surface area (Å²) in [6.07, 6.45) is 6.32. The smallest absolute Gasteiger partial charge is 0.130 e. The van der Waals surface area contributed by atoms with Gasteiger partial charge in [0.05, 0.1) is 0 Å². The van der Waals surface area contributed by atoms with Gasteiger partial charge in [-0.15, -0.1) is 11.8 Å². The average Bonchev–Trinajstić information content (AvgIpc) is 3.00. The molecule has 1 aliphatic carbocycles. The molecule has 2 rings (SSSR count). The van der Waals surface area contributed by atoms with Gasteiger partial charge in [0, 0.05) is 11.6 Å². The number of nitrogens with one attached hydrogen (secondary N) is 1. The quantitative estimate of drug-likeness (QED) is 0.629. The summed E-state index contributed by atoms with van der Waals surface area (Å²) in [5.41, 5.74) is 0.157. The predicted molar refractivity (Wildman–Crippen MR) is 64.2 cm³/mol.